The van der Waals surface area contributed by atoms with Crippen molar-refractivity contribution in [2.45, 2.75) is 6.92 Å². The van der Waals surface area contributed by atoms with Crippen LogP contribution in [-0.2, 0) is 0 Å². The van der Waals surface area contributed by atoms with E-state index < -0.39 is 0 Å². The molecule has 0 atom stereocenters. The van der Waals surface area contributed by atoms with Crippen LogP contribution in [0.1, 0.15) is 21.7 Å². The molecule has 0 unspecified atom stereocenters. The van der Waals surface area contributed by atoms with Gasteiger partial charge in [-0.3, -0.25) is 4.79 Å². The number of nitrogens with zero attached hydrogens (tertiary/aromatic N) is 1. The Morgan fingerprint density at radius 3 is 2.71 bits per heavy atom. The van der Waals surface area contributed by atoms with E-state index in [0.29, 0.717) is 46.8 Å². The normalized spacial score (nSPS) is 12.9. The van der Waals surface area contributed by atoms with E-state index >= 15 is 0 Å². The zero-order valence-corrected chi connectivity index (χ0v) is 15.8. The average molecular weight is 397 g/mol. The molecule has 4 rings (SSSR count). The van der Waals surface area contributed by atoms with Crippen LogP contribution in [0.25, 0.3) is 11.3 Å². The SMILES string of the molecule is Cc1ccc(-c2ccc(/C=N/NC(=O)c3ccc4c(c3)OCCO4)o2)cc1Cl. The van der Waals surface area contributed by atoms with E-state index in [4.69, 9.17) is 25.5 Å². The van der Waals surface area contributed by atoms with Gasteiger partial charge in [-0.05, 0) is 48.9 Å². The summed E-state index contributed by atoms with van der Waals surface area (Å²) in [5.74, 6) is 2.00. The van der Waals surface area contributed by atoms with Gasteiger partial charge in [-0.1, -0.05) is 23.7 Å². The van der Waals surface area contributed by atoms with Gasteiger partial charge in [0, 0.05) is 16.1 Å². The Morgan fingerprint density at radius 1 is 1.07 bits per heavy atom. The largest absolute Gasteiger partial charge is 0.486 e. The maximum atomic E-state index is 12.3. The second-order valence-electron chi connectivity index (χ2n) is 6.22. The molecule has 0 fully saturated rings. The van der Waals surface area contributed by atoms with Gasteiger partial charge in [0.05, 0.1) is 6.21 Å². The first-order chi connectivity index (χ1) is 13.6. The van der Waals surface area contributed by atoms with Crippen LogP contribution in [0.15, 0.2) is 58.0 Å². The van der Waals surface area contributed by atoms with Crippen molar-refractivity contribution in [2.75, 3.05) is 13.2 Å². The number of amides is 1. The Bertz CT molecular complexity index is 1060. The number of benzene rings is 2. The number of carbonyl (C=O) groups excluding carboxylic acids is 1. The molecule has 1 N–H and O–H groups in total. The molecule has 0 bridgehead atoms. The van der Waals surface area contributed by atoms with Crippen molar-refractivity contribution >= 4 is 23.7 Å². The summed E-state index contributed by atoms with van der Waals surface area (Å²) in [4.78, 5) is 12.3. The number of carbonyl (C=O) groups is 1. The first-order valence-electron chi connectivity index (χ1n) is 8.69. The van der Waals surface area contributed by atoms with E-state index in [2.05, 4.69) is 10.5 Å². The molecule has 6 nitrogen and oxygen atoms in total. The van der Waals surface area contributed by atoms with Crippen LogP contribution in [0.3, 0.4) is 0 Å². The Morgan fingerprint density at radius 2 is 1.89 bits per heavy atom. The lowest BCUT2D eigenvalue weighted by molar-refractivity contribution is 0.0954. The fourth-order valence-corrected chi connectivity index (χ4v) is 2.91. The molecule has 0 spiro atoms. The topological polar surface area (TPSA) is 73.1 Å². The lowest BCUT2D eigenvalue weighted by Crippen LogP contribution is -2.19. The van der Waals surface area contributed by atoms with Gasteiger partial charge in [0.2, 0.25) is 0 Å². The van der Waals surface area contributed by atoms with Crippen LogP contribution < -0.4 is 14.9 Å². The smallest absolute Gasteiger partial charge is 0.271 e. The third kappa shape index (κ3) is 3.87. The monoisotopic (exact) mass is 396 g/mol. The van der Waals surface area contributed by atoms with Crippen molar-refractivity contribution in [3.63, 3.8) is 0 Å². The maximum absolute atomic E-state index is 12.3. The molecule has 2 heterocycles. The fourth-order valence-electron chi connectivity index (χ4n) is 2.73. The molecule has 1 aromatic heterocycles. The van der Waals surface area contributed by atoms with Crippen molar-refractivity contribution in [3.05, 3.63) is 70.4 Å². The molecule has 0 saturated carbocycles. The highest BCUT2D eigenvalue weighted by Gasteiger charge is 2.14. The minimum atomic E-state index is -0.356. The third-order valence-electron chi connectivity index (χ3n) is 4.25. The van der Waals surface area contributed by atoms with Crippen molar-refractivity contribution in [2.24, 2.45) is 5.10 Å². The highest BCUT2D eigenvalue weighted by Crippen LogP contribution is 2.30. The van der Waals surface area contributed by atoms with Crippen LogP contribution in [0.2, 0.25) is 5.02 Å². The van der Waals surface area contributed by atoms with Gasteiger partial charge in [0.1, 0.15) is 24.7 Å². The Hall–Kier alpha value is -3.25. The molecule has 28 heavy (non-hydrogen) atoms. The van der Waals surface area contributed by atoms with Crippen LogP contribution in [0, 0.1) is 6.92 Å². The lowest BCUT2D eigenvalue weighted by Gasteiger charge is -2.18. The maximum Gasteiger partial charge on any atom is 0.271 e. The van der Waals surface area contributed by atoms with Crippen LogP contribution in [0.4, 0.5) is 0 Å². The molecule has 0 aliphatic carbocycles. The molecule has 142 valence electrons. The molecule has 1 amide bonds. The number of fused-ring (bicyclic) bond motifs is 1. The van der Waals surface area contributed by atoms with Gasteiger partial charge in [0.15, 0.2) is 11.5 Å². The van der Waals surface area contributed by atoms with Crippen molar-refractivity contribution in [3.8, 4) is 22.8 Å². The number of hydrazone groups is 1. The molecule has 0 radical (unpaired) electrons. The molecule has 7 heteroatoms. The summed E-state index contributed by atoms with van der Waals surface area (Å²) < 4.78 is 16.7. The zero-order valence-electron chi connectivity index (χ0n) is 15.1. The third-order valence-corrected chi connectivity index (χ3v) is 4.65. The number of furan rings is 1. The van der Waals surface area contributed by atoms with E-state index in [9.17, 15) is 4.79 Å². The zero-order chi connectivity index (χ0) is 19.5. The average Bonchev–Trinajstić information content (AvgIpc) is 3.18. The van der Waals surface area contributed by atoms with E-state index in [0.717, 1.165) is 11.1 Å². The second kappa shape index (κ2) is 7.78. The van der Waals surface area contributed by atoms with Crippen molar-refractivity contribution < 1.29 is 18.7 Å². The van der Waals surface area contributed by atoms with E-state index in [1.807, 2.05) is 31.2 Å². The van der Waals surface area contributed by atoms with Gasteiger partial charge >= 0.3 is 0 Å². The molecule has 1 aliphatic heterocycles. The Balaban J connectivity index is 1.41. The lowest BCUT2D eigenvalue weighted by atomic mass is 10.1. The molecule has 0 saturated heterocycles. The van der Waals surface area contributed by atoms with E-state index in [1.54, 1.807) is 24.3 Å². The number of hydrogen-bond donors (Lipinski definition) is 1. The fraction of sp³-hybridized carbons (Fsp3) is 0.143. The summed E-state index contributed by atoms with van der Waals surface area (Å²) in [6.45, 7) is 2.91. The number of hydrogen-bond acceptors (Lipinski definition) is 5. The van der Waals surface area contributed by atoms with Crippen LogP contribution in [-0.4, -0.2) is 25.3 Å². The number of ether oxygens (including phenoxy) is 2. The first-order valence-corrected chi connectivity index (χ1v) is 9.07. The highest BCUT2D eigenvalue weighted by atomic mass is 35.5. The predicted octanol–water partition coefficient (Wildman–Crippen LogP) is 4.44. The summed E-state index contributed by atoms with van der Waals surface area (Å²) in [5, 5.41) is 4.63. The molecule has 3 aromatic rings. The first kappa shape index (κ1) is 18.1. The summed E-state index contributed by atoms with van der Waals surface area (Å²) in [6.07, 6.45) is 1.44. The number of nitrogens with one attached hydrogen (secondary N) is 1. The molecular weight excluding hydrogens is 380 g/mol. The van der Waals surface area contributed by atoms with E-state index in [1.165, 1.54) is 6.21 Å². The number of rotatable bonds is 4. The van der Waals surface area contributed by atoms with Gasteiger partial charge in [-0.15, -0.1) is 0 Å². The van der Waals surface area contributed by atoms with Crippen LogP contribution in [0.5, 0.6) is 11.5 Å². The highest BCUT2D eigenvalue weighted by molar-refractivity contribution is 6.31. The quantitative estimate of drug-likeness (QED) is 0.522. The Labute approximate surface area is 166 Å². The van der Waals surface area contributed by atoms with Gasteiger partial charge in [-0.2, -0.15) is 5.10 Å². The molecule has 2 aromatic carbocycles. The van der Waals surface area contributed by atoms with Crippen LogP contribution >= 0.6 is 11.6 Å². The van der Waals surface area contributed by atoms with E-state index in [-0.39, 0.29) is 5.91 Å². The van der Waals surface area contributed by atoms with Crippen molar-refractivity contribution in [1.29, 1.82) is 0 Å². The number of aryl methyl sites for hydroxylation is 1. The minimum absolute atomic E-state index is 0.356. The molecule has 1 aliphatic rings. The summed E-state index contributed by atoms with van der Waals surface area (Å²) in [7, 11) is 0. The molecular formula is C21H17ClN2O4. The van der Waals surface area contributed by atoms with Gasteiger partial charge in [-0.25, -0.2) is 5.43 Å². The van der Waals surface area contributed by atoms with Crippen molar-refractivity contribution in [1.82, 2.24) is 5.43 Å². The van der Waals surface area contributed by atoms with Gasteiger partial charge in [0.25, 0.3) is 5.91 Å². The standard InChI is InChI=1S/C21H17ClN2O4/c1-13-2-3-14(10-17(13)22)18-7-5-16(28-18)12-23-24-21(25)15-4-6-19-20(11-15)27-9-8-26-19/h2-7,10-12H,8-9H2,1H3,(H,24,25)/b23-12+. The summed E-state index contributed by atoms with van der Waals surface area (Å²) in [5.41, 5.74) is 4.77. The second-order valence-corrected chi connectivity index (χ2v) is 6.63. The Kier molecular flexibility index (Phi) is 5.04. The summed E-state index contributed by atoms with van der Waals surface area (Å²) in [6, 6.07) is 14.3. The predicted molar refractivity (Wildman–Crippen MR) is 106 cm³/mol. The van der Waals surface area contributed by atoms with Gasteiger partial charge < -0.3 is 13.9 Å². The summed E-state index contributed by atoms with van der Waals surface area (Å²) >= 11 is 6.16. The number of halogens is 1. The minimum Gasteiger partial charge on any atom is -0.486 e.